The van der Waals surface area contributed by atoms with Crippen molar-refractivity contribution in [2.75, 3.05) is 18.2 Å². The van der Waals surface area contributed by atoms with Gasteiger partial charge >= 0.3 is 5.97 Å². The van der Waals surface area contributed by atoms with Gasteiger partial charge in [-0.15, -0.1) is 10.2 Å². The topological polar surface area (TPSA) is 94.3 Å². The number of aromatic nitrogens is 2. The van der Waals surface area contributed by atoms with Gasteiger partial charge in [0.1, 0.15) is 11.6 Å². The van der Waals surface area contributed by atoms with Crippen molar-refractivity contribution in [1.82, 2.24) is 10.2 Å². The second-order valence-corrected chi connectivity index (χ2v) is 6.33. The Hall–Kier alpha value is -3.27. The van der Waals surface area contributed by atoms with Gasteiger partial charge in [0.2, 0.25) is 11.8 Å². The van der Waals surface area contributed by atoms with Crippen LogP contribution in [0.4, 0.5) is 14.5 Å². The number of esters is 1. The number of thioether (sulfide) groups is 1. The van der Waals surface area contributed by atoms with E-state index in [0.29, 0.717) is 5.56 Å². The molecule has 0 aliphatic heterocycles. The molecule has 0 fully saturated rings. The van der Waals surface area contributed by atoms with Gasteiger partial charge in [0.25, 0.3) is 5.22 Å². The smallest absolute Gasteiger partial charge is 0.340 e. The summed E-state index contributed by atoms with van der Waals surface area (Å²) in [6, 6.07) is 9.10. The van der Waals surface area contributed by atoms with Crippen LogP contribution >= 0.6 is 11.8 Å². The van der Waals surface area contributed by atoms with Crippen LogP contribution in [-0.4, -0.2) is 34.9 Å². The highest BCUT2D eigenvalue weighted by Crippen LogP contribution is 2.23. The molecule has 0 saturated carbocycles. The molecule has 1 amide bonds. The second-order valence-electron chi connectivity index (χ2n) is 5.40. The van der Waals surface area contributed by atoms with E-state index in [1.54, 1.807) is 0 Å². The molecule has 0 aliphatic rings. The van der Waals surface area contributed by atoms with Crippen molar-refractivity contribution >= 4 is 29.3 Å². The van der Waals surface area contributed by atoms with Crippen molar-refractivity contribution in [3.05, 3.63) is 59.7 Å². The summed E-state index contributed by atoms with van der Waals surface area (Å²) in [7, 11) is 1.13. The second kappa shape index (κ2) is 8.61. The number of nitrogens with zero attached hydrogens (tertiary/aromatic N) is 2. The van der Waals surface area contributed by atoms with E-state index in [2.05, 4.69) is 20.3 Å². The van der Waals surface area contributed by atoms with Gasteiger partial charge in [-0.1, -0.05) is 11.8 Å². The fourth-order valence-corrected chi connectivity index (χ4v) is 2.73. The molecule has 0 spiro atoms. The van der Waals surface area contributed by atoms with Gasteiger partial charge in [0, 0.05) is 11.3 Å². The molecule has 7 nitrogen and oxygen atoms in total. The molecular formula is C18H13F2N3O4S. The highest BCUT2D eigenvalue weighted by Gasteiger charge is 2.15. The predicted molar refractivity (Wildman–Crippen MR) is 96.8 cm³/mol. The Morgan fingerprint density at radius 1 is 1.14 bits per heavy atom. The molecule has 0 saturated heterocycles. The third kappa shape index (κ3) is 4.71. The Bertz CT molecular complexity index is 1010. The van der Waals surface area contributed by atoms with Crippen LogP contribution in [0.25, 0.3) is 11.5 Å². The minimum Gasteiger partial charge on any atom is -0.465 e. The molecule has 0 bridgehead atoms. The molecule has 1 N–H and O–H groups in total. The van der Waals surface area contributed by atoms with Crippen molar-refractivity contribution < 1.29 is 27.5 Å². The van der Waals surface area contributed by atoms with Crippen molar-refractivity contribution in [3.8, 4) is 11.5 Å². The number of benzene rings is 2. The quantitative estimate of drug-likeness (QED) is 0.495. The van der Waals surface area contributed by atoms with Crippen molar-refractivity contribution in [3.63, 3.8) is 0 Å². The van der Waals surface area contributed by atoms with Gasteiger partial charge < -0.3 is 14.5 Å². The first-order valence-corrected chi connectivity index (χ1v) is 8.85. The first-order chi connectivity index (χ1) is 13.5. The van der Waals surface area contributed by atoms with E-state index in [9.17, 15) is 18.4 Å². The number of nitrogens with one attached hydrogen (secondary N) is 1. The summed E-state index contributed by atoms with van der Waals surface area (Å²) in [5, 5.41) is 10.4. The minimum atomic E-state index is -0.845. The molecular weight excluding hydrogens is 392 g/mol. The van der Waals surface area contributed by atoms with Gasteiger partial charge in [0.05, 0.1) is 18.4 Å². The van der Waals surface area contributed by atoms with E-state index in [1.165, 1.54) is 36.4 Å². The van der Waals surface area contributed by atoms with E-state index in [0.717, 1.165) is 24.9 Å². The first-order valence-electron chi connectivity index (χ1n) is 7.86. The zero-order valence-electron chi connectivity index (χ0n) is 14.4. The standard InChI is InChI=1S/C18H13F2N3O4S/c1-26-17(25)13-8-12(6-7-14(13)20)21-15(24)9-28-18-23-22-16(27-18)10-2-4-11(19)5-3-10/h2-8H,9H2,1H3,(H,21,24). The summed E-state index contributed by atoms with van der Waals surface area (Å²) in [6.45, 7) is 0. The number of hydrogen-bond donors (Lipinski definition) is 1. The van der Waals surface area contributed by atoms with E-state index in [4.69, 9.17) is 4.42 Å². The number of ether oxygens (including phenoxy) is 1. The Kier molecular flexibility index (Phi) is 5.99. The normalized spacial score (nSPS) is 10.5. The van der Waals surface area contributed by atoms with E-state index in [-0.39, 0.29) is 33.9 Å². The van der Waals surface area contributed by atoms with Crippen molar-refractivity contribution in [2.45, 2.75) is 5.22 Å². The van der Waals surface area contributed by atoms with E-state index in [1.807, 2.05) is 0 Å². The van der Waals surface area contributed by atoms with Crippen LogP contribution in [0.1, 0.15) is 10.4 Å². The summed E-state index contributed by atoms with van der Waals surface area (Å²) < 4.78 is 36.5. The summed E-state index contributed by atoms with van der Waals surface area (Å²) in [6.07, 6.45) is 0. The highest BCUT2D eigenvalue weighted by molar-refractivity contribution is 7.99. The molecule has 1 heterocycles. The highest BCUT2D eigenvalue weighted by atomic mass is 32.2. The van der Waals surface area contributed by atoms with Crippen LogP contribution in [0.3, 0.4) is 0 Å². The molecule has 0 radical (unpaired) electrons. The predicted octanol–water partition coefficient (Wildman–Crippen LogP) is 3.53. The maximum atomic E-state index is 13.6. The van der Waals surface area contributed by atoms with Gasteiger partial charge in [-0.25, -0.2) is 13.6 Å². The fraction of sp³-hybridized carbons (Fsp3) is 0.111. The summed E-state index contributed by atoms with van der Waals surface area (Å²) in [5.74, 6) is -2.26. The molecule has 28 heavy (non-hydrogen) atoms. The molecule has 2 aromatic carbocycles. The lowest BCUT2D eigenvalue weighted by Crippen LogP contribution is -2.15. The molecule has 0 unspecified atom stereocenters. The number of halogens is 2. The van der Waals surface area contributed by atoms with Crippen LogP contribution in [0, 0.1) is 11.6 Å². The maximum absolute atomic E-state index is 13.6. The minimum absolute atomic E-state index is 0.0595. The van der Waals surface area contributed by atoms with E-state index < -0.39 is 17.7 Å². The van der Waals surface area contributed by atoms with Gasteiger partial charge in [-0.05, 0) is 42.5 Å². The summed E-state index contributed by atoms with van der Waals surface area (Å²) in [4.78, 5) is 23.6. The lowest BCUT2D eigenvalue weighted by atomic mass is 10.2. The third-order valence-electron chi connectivity index (χ3n) is 3.48. The van der Waals surface area contributed by atoms with Crippen LogP contribution in [-0.2, 0) is 9.53 Å². The third-order valence-corrected chi connectivity index (χ3v) is 4.30. The molecule has 0 atom stereocenters. The Balaban J connectivity index is 1.59. The number of rotatable bonds is 6. The van der Waals surface area contributed by atoms with Gasteiger partial charge in [-0.3, -0.25) is 4.79 Å². The maximum Gasteiger partial charge on any atom is 0.340 e. The fourth-order valence-electron chi connectivity index (χ4n) is 2.17. The first kappa shape index (κ1) is 19.5. The summed E-state index contributed by atoms with van der Waals surface area (Å²) >= 11 is 0.992. The molecule has 144 valence electrons. The Morgan fingerprint density at radius 2 is 1.89 bits per heavy atom. The number of carbonyl (C=O) groups is 2. The average molecular weight is 405 g/mol. The Morgan fingerprint density at radius 3 is 2.61 bits per heavy atom. The SMILES string of the molecule is COC(=O)c1cc(NC(=O)CSc2nnc(-c3ccc(F)cc3)o2)ccc1F. The largest absolute Gasteiger partial charge is 0.465 e. The molecule has 0 aliphatic carbocycles. The zero-order valence-corrected chi connectivity index (χ0v) is 15.3. The van der Waals surface area contributed by atoms with Crippen LogP contribution in [0.5, 0.6) is 0 Å². The zero-order chi connectivity index (χ0) is 20.1. The number of hydrogen-bond acceptors (Lipinski definition) is 7. The monoisotopic (exact) mass is 405 g/mol. The lowest BCUT2D eigenvalue weighted by Gasteiger charge is -2.07. The van der Waals surface area contributed by atoms with Crippen LogP contribution in [0.15, 0.2) is 52.1 Å². The number of carbonyl (C=O) groups excluding carboxylic acids is 2. The Labute approximate surface area is 162 Å². The molecule has 3 rings (SSSR count). The van der Waals surface area contributed by atoms with Crippen molar-refractivity contribution in [2.24, 2.45) is 0 Å². The number of amides is 1. The lowest BCUT2D eigenvalue weighted by molar-refractivity contribution is -0.113. The van der Waals surface area contributed by atoms with Gasteiger partial charge in [-0.2, -0.15) is 0 Å². The van der Waals surface area contributed by atoms with Crippen molar-refractivity contribution in [1.29, 1.82) is 0 Å². The van der Waals surface area contributed by atoms with Gasteiger partial charge in [0.15, 0.2) is 0 Å². The number of methoxy groups -OCH3 is 1. The number of anilines is 1. The van der Waals surface area contributed by atoms with Crippen LogP contribution in [0.2, 0.25) is 0 Å². The van der Waals surface area contributed by atoms with Crippen LogP contribution < -0.4 is 5.32 Å². The average Bonchev–Trinajstić information content (AvgIpc) is 3.17. The molecule has 1 aromatic heterocycles. The summed E-state index contributed by atoms with van der Waals surface area (Å²) in [5.41, 5.74) is 0.505. The van der Waals surface area contributed by atoms with E-state index >= 15 is 0 Å². The molecule has 10 heteroatoms. The molecule has 3 aromatic rings.